The molecular formula is C42H61BrCl2N10O6. The Bertz CT molecular complexity index is 1790. The van der Waals surface area contributed by atoms with Crippen LogP contribution in [0.15, 0.2) is 24.3 Å². The average molecular weight is 953 g/mol. The third-order valence-electron chi connectivity index (χ3n) is 11.0. The number of hydrogen-bond acceptors (Lipinski definition) is 14. The van der Waals surface area contributed by atoms with E-state index in [4.69, 9.17) is 64.1 Å². The third-order valence-corrected chi connectivity index (χ3v) is 11.6. The summed E-state index contributed by atoms with van der Waals surface area (Å²) in [5.74, 6) is 1.73. The summed E-state index contributed by atoms with van der Waals surface area (Å²) in [7, 11) is 0. The molecule has 2 atom stereocenters. The lowest BCUT2D eigenvalue weighted by molar-refractivity contribution is -0.0329. The number of benzene rings is 2. The van der Waals surface area contributed by atoms with Gasteiger partial charge in [-0.05, 0) is 76.6 Å². The Morgan fingerprint density at radius 1 is 0.787 bits per heavy atom. The number of amides is 2. The van der Waals surface area contributed by atoms with Crippen LogP contribution in [-0.4, -0.2) is 144 Å². The highest BCUT2D eigenvalue weighted by atomic mass is 79.9. The van der Waals surface area contributed by atoms with Gasteiger partial charge >= 0.3 is 0 Å². The van der Waals surface area contributed by atoms with Gasteiger partial charge < -0.3 is 51.3 Å². The fourth-order valence-corrected chi connectivity index (χ4v) is 8.12. The summed E-state index contributed by atoms with van der Waals surface area (Å²) in [6.07, 6.45) is 6.71. The molecule has 0 aliphatic carbocycles. The number of carbonyl (C=O) groups excluding carboxylic acids is 2. The van der Waals surface area contributed by atoms with E-state index in [1.165, 1.54) is 12.8 Å². The number of nitrogens with zero attached hydrogens (tertiary/aromatic N) is 5. The van der Waals surface area contributed by atoms with Crippen LogP contribution in [0.3, 0.4) is 0 Å². The summed E-state index contributed by atoms with van der Waals surface area (Å²) in [6, 6.07) is 6.27. The van der Waals surface area contributed by atoms with Crippen LogP contribution in [0.4, 0.5) is 11.4 Å². The summed E-state index contributed by atoms with van der Waals surface area (Å²) in [6.45, 7) is 16.3. The van der Waals surface area contributed by atoms with Crippen molar-refractivity contribution in [2.45, 2.75) is 51.7 Å². The smallest absolute Gasteiger partial charge is 0.255 e. The van der Waals surface area contributed by atoms with Crippen LogP contribution in [0, 0.1) is 33.5 Å². The van der Waals surface area contributed by atoms with Gasteiger partial charge in [-0.3, -0.25) is 19.4 Å². The monoisotopic (exact) mass is 950 g/mol. The van der Waals surface area contributed by atoms with Gasteiger partial charge in [0.05, 0.1) is 71.2 Å². The number of anilines is 2. The molecule has 2 amide bonds. The van der Waals surface area contributed by atoms with Crippen molar-refractivity contribution in [1.29, 1.82) is 10.5 Å². The van der Waals surface area contributed by atoms with Crippen LogP contribution in [0.5, 0.6) is 11.5 Å². The highest BCUT2D eigenvalue weighted by Gasteiger charge is 2.28. The van der Waals surface area contributed by atoms with Crippen molar-refractivity contribution in [3.05, 3.63) is 45.4 Å². The van der Waals surface area contributed by atoms with E-state index in [0.29, 0.717) is 89.5 Å². The van der Waals surface area contributed by atoms with Gasteiger partial charge in [-0.2, -0.15) is 10.5 Å². The predicted octanol–water partition coefficient (Wildman–Crippen LogP) is 4.56. The lowest BCUT2D eigenvalue weighted by Crippen LogP contribution is -2.49. The van der Waals surface area contributed by atoms with Gasteiger partial charge in [0.1, 0.15) is 16.5 Å². The molecule has 4 heterocycles. The molecule has 2 unspecified atom stereocenters. The van der Waals surface area contributed by atoms with Crippen molar-refractivity contribution in [3.63, 3.8) is 0 Å². The number of piperidine rings is 2. The van der Waals surface area contributed by atoms with Gasteiger partial charge in [0.15, 0.2) is 6.19 Å². The van der Waals surface area contributed by atoms with Crippen molar-refractivity contribution in [3.8, 4) is 22.7 Å². The van der Waals surface area contributed by atoms with E-state index in [9.17, 15) is 9.59 Å². The summed E-state index contributed by atoms with van der Waals surface area (Å²) >= 11 is 14.6. The van der Waals surface area contributed by atoms with Gasteiger partial charge in [-0.25, -0.2) is 0 Å². The minimum Gasteiger partial charge on any atom is -0.493 e. The molecule has 0 spiro atoms. The molecule has 7 N–H and O–H groups in total. The number of morpholine rings is 2. The Balaban J connectivity index is 0.000000253. The number of rotatable bonds is 14. The van der Waals surface area contributed by atoms with E-state index in [0.717, 1.165) is 84.2 Å². The van der Waals surface area contributed by atoms with Crippen LogP contribution in [0.1, 0.15) is 60.2 Å². The number of nitriles is 2. The Hall–Kier alpha value is -3.78. The second-order valence-corrected chi connectivity index (χ2v) is 16.5. The zero-order valence-corrected chi connectivity index (χ0v) is 38.3. The maximum atomic E-state index is 12.7. The maximum absolute atomic E-state index is 12.7. The van der Waals surface area contributed by atoms with E-state index in [1.54, 1.807) is 29.2 Å². The molecule has 336 valence electrons. The van der Waals surface area contributed by atoms with Crippen LogP contribution in [-0.2, 0) is 9.47 Å². The first-order chi connectivity index (χ1) is 29.5. The van der Waals surface area contributed by atoms with Gasteiger partial charge in [0.25, 0.3) is 11.8 Å². The molecule has 4 fully saturated rings. The van der Waals surface area contributed by atoms with E-state index in [-0.39, 0.29) is 24.0 Å². The first kappa shape index (κ1) is 49.9. The molecule has 0 radical (unpaired) electrons. The largest absolute Gasteiger partial charge is 0.493 e. The molecule has 16 nitrogen and oxygen atoms in total. The molecule has 0 saturated carbocycles. The molecule has 0 aromatic heterocycles. The number of nitrogens with two attached hydrogens (primary N) is 2. The second-order valence-electron chi connectivity index (χ2n) is 15.3. The standard InChI is InChI=1S/C21H30ClN5O3.C20H31ClN4O3.CBrN/c1-2-29-20-10-19(24)18(22)9-17(20)21(28)25-11-16-13-27(7-8-30-16)12-15-3-5-26(14-23)6-4-15;1-2-27-19-10-18(22)17(21)9-16(19)20(26)24-11-15-13-25(7-8-28-15)12-14-3-5-23-6-4-14;2-1-3/h9-10,15-16H,2-8,11-13,24H2,1H3,(H,25,28);9-10,14-15,23H,2-8,11-13,22H2,1H3,(H,24,26);. The number of likely N-dealkylation sites (tertiary alicyclic amines) is 1. The summed E-state index contributed by atoms with van der Waals surface area (Å²) < 4.78 is 22.8. The van der Waals surface area contributed by atoms with E-state index in [2.05, 4.69) is 47.9 Å². The zero-order valence-electron chi connectivity index (χ0n) is 35.2. The molecule has 61 heavy (non-hydrogen) atoms. The normalized spacial score (nSPS) is 20.1. The molecular weight excluding hydrogens is 891 g/mol. The second kappa shape index (κ2) is 26.6. The number of carbonyl (C=O) groups is 2. The average Bonchev–Trinajstić information content (AvgIpc) is 3.26. The highest BCUT2D eigenvalue weighted by molar-refractivity contribution is 9.12. The zero-order chi connectivity index (χ0) is 44.1. The van der Waals surface area contributed by atoms with E-state index in [1.807, 2.05) is 18.7 Å². The fraction of sp³-hybridized carbons (Fsp3) is 0.619. The Labute approximate surface area is 378 Å². The number of hydrogen-bond donors (Lipinski definition) is 5. The summed E-state index contributed by atoms with van der Waals surface area (Å²) in [4.78, 5) is 33.6. The number of nitrogens with one attached hydrogen (secondary N) is 3. The maximum Gasteiger partial charge on any atom is 0.255 e. The number of ether oxygens (including phenoxy) is 4. The lowest BCUT2D eigenvalue weighted by atomic mass is 9.96. The summed E-state index contributed by atoms with van der Waals surface area (Å²) in [5.41, 5.74) is 13.2. The SMILES string of the molecule is CCOc1cc(N)c(Cl)cc1C(=O)NCC1CN(CC2CCN(C#N)CC2)CCO1.CCOc1cc(N)c(Cl)cc1C(=O)NCC1CN(CC2CCNCC2)CCO1.N#CBr. The molecule has 6 rings (SSSR count). The lowest BCUT2D eigenvalue weighted by Gasteiger charge is -2.37. The van der Waals surface area contributed by atoms with Gasteiger partial charge in [-0.15, -0.1) is 0 Å². The molecule has 19 heteroatoms. The number of halogens is 3. The van der Waals surface area contributed by atoms with E-state index >= 15 is 0 Å². The van der Waals surface area contributed by atoms with Crippen LogP contribution in [0.2, 0.25) is 10.0 Å². The molecule has 4 aliphatic rings. The Kier molecular flexibility index (Phi) is 21.8. The molecule has 2 aromatic carbocycles. The van der Waals surface area contributed by atoms with Gasteiger partial charge in [-0.1, -0.05) is 23.2 Å². The van der Waals surface area contributed by atoms with Crippen LogP contribution >= 0.6 is 39.1 Å². The number of nitrogen functional groups attached to an aromatic ring is 2. The van der Waals surface area contributed by atoms with Crippen molar-refractivity contribution >= 4 is 62.3 Å². The molecule has 4 aliphatic heterocycles. The fourth-order valence-electron chi connectivity index (χ4n) is 7.80. The van der Waals surface area contributed by atoms with Crippen LogP contribution in [0.25, 0.3) is 0 Å². The van der Waals surface area contributed by atoms with Crippen molar-refractivity contribution in [2.75, 3.05) is 116 Å². The first-order valence-corrected chi connectivity index (χ1v) is 22.6. The first-order valence-electron chi connectivity index (χ1n) is 21.0. The summed E-state index contributed by atoms with van der Waals surface area (Å²) in [5, 5.41) is 26.2. The Morgan fingerprint density at radius 2 is 1.21 bits per heavy atom. The quantitative estimate of drug-likeness (QED) is 0.130. The van der Waals surface area contributed by atoms with Gasteiger partial charge in [0, 0.05) is 93.5 Å². The minimum atomic E-state index is -0.259. The molecule has 2 aromatic rings. The van der Waals surface area contributed by atoms with Crippen molar-refractivity contribution in [2.24, 2.45) is 11.8 Å². The molecule has 4 saturated heterocycles. The van der Waals surface area contributed by atoms with Gasteiger partial charge in [0.2, 0.25) is 0 Å². The third kappa shape index (κ3) is 16.5. The Morgan fingerprint density at radius 3 is 1.62 bits per heavy atom. The molecule has 0 bridgehead atoms. The predicted molar refractivity (Wildman–Crippen MR) is 241 cm³/mol. The van der Waals surface area contributed by atoms with Crippen molar-refractivity contribution in [1.82, 2.24) is 30.7 Å². The van der Waals surface area contributed by atoms with Crippen molar-refractivity contribution < 1.29 is 28.5 Å². The topological polar surface area (TPSA) is 216 Å². The minimum absolute atomic E-state index is 0.0146. The van der Waals surface area contributed by atoms with Crippen LogP contribution < -0.4 is 36.9 Å². The highest BCUT2D eigenvalue weighted by Crippen LogP contribution is 2.30. The van der Waals surface area contributed by atoms with E-state index < -0.39 is 0 Å².